The molecule has 2 rings (SSSR count). The van der Waals surface area contributed by atoms with E-state index in [9.17, 15) is 15.0 Å². The molecule has 5 nitrogen and oxygen atoms in total. The first-order chi connectivity index (χ1) is 9.01. The number of phenols is 2. The van der Waals surface area contributed by atoms with Crippen LogP contribution in [-0.2, 0) is 12.8 Å². The van der Waals surface area contributed by atoms with Gasteiger partial charge in [-0.05, 0) is 30.3 Å². The zero-order valence-electron chi connectivity index (χ0n) is 10.4. The standard InChI is InChI=1S/C13H14N2O3S/c1-2-10-9(12(18)15-13(19)14-10)5-7-3-4-8(16)6-11(7)17/h3-4,6,16-17H,2,5H2,1H3,(H2,14,15,18,19). The number of rotatable bonds is 3. The molecule has 1 aromatic carbocycles. The van der Waals surface area contributed by atoms with Gasteiger partial charge in [-0.25, -0.2) is 0 Å². The molecule has 0 atom stereocenters. The smallest absolute Gasteiger partial charge is 0.255 e. The first-order valence-corrected chi connectivity index (χ1v) is 6.27. The highest BCUT2D eigenvalue weighted by Crippen LogP contribution is 2.24. The lowest BCUT2D eigenvalue weighted by Crippen LogP contribution is -2.18. The Morgan fingerprint density at radius 3 is 2.63 bits per heavy atom. The van der Waals surface area contributed by atoms with Crippen molar-refractivity contribution >= 4 is 12.2 Å². The summed E-state index contributed by atoms with van der Waals surface area (Å²) in [5.74, 6) is -0.0535. The molecule has 0 aliphatic carbocycles. The van der Waals surface area contributed by atoms with Gasteiger partial charge in [0.05, 0.1) is 0 Å². The van der Waals surface area contributed by atoms with E-state index in [0.717, 1.165) is 5.69 Å². The number of aromatic amines is 2. The van der Waals surface area contributed by atoms with Crippen molar-refractivity contribution < 1.29 is 10.2 Å². The maximum atomic E-state index is 11.9. The predicted molar refractivity (Wildman–Crippen MR) is 74.2 cm³/mol. The van der Waals surface area contributed by atoms with Gasteiger partial charge in [-0.3, -0.25) is 9.78 Å². The number of aromatic nitrogens is 2. The number of H-pyrrole nitrogens is 2. The number of hydrogen-bond acceptors (Lipinski definition) is 4. The fourth-order valence-corrected chi connectivity index (χ4v) is 2.16. The molecule has 0 saturated carbocycles. The molecule has 0 amide bonds. The van der Waals surface area contributed by atoms with E-state index in [0.29, 0.717) is 22.3 Å². The summed E-state index contributed by atoms with van der Waals surface area (Å²) in [4.78, 5) is 17.4. The SMILES string of the molecule is CCc1[nH]c(=S)[nH]c(=O)c1Cc1ccc(O)cc1O. The quantitative estimate of drug-likeness (QED) is 0.646. The Kier molecular flexibility index (Phi) is 3.71. The summed E-state index contributed by atoms with van der Waals surface area (Å²) < 4.78 is 0.292. The molecule has 0 radical (unpaired) electrons. The van der Waals surface area contributed by atoms with Crippen molar-refractivity contribution in [2.45, 2.75) is 19.8 Å². The predicted octanol–water partition coefficient (Wildman–Crippen LogP) is 2.00. The monoisotopic (exact) mass is 278 g/mol. The van der Waals surface area contributed by atoms with Gasteiger partial charge in [0.15, 0.2) is 4.77 Å². The van der Waals surface area contributed by atoms with Crippen molar-refractivity contribution in [3.63, 3.8) is 0 Å². The van der Waals surface area contributed by atoms with Crippen molar-refractivity contribution in [3.05, 3.63) is 50.1 Å². The zero-order valence-corrected chi connectivity index (χ0v) is 11.2. The molecular weight excluding hydrogens is 264 g/mol. The van der Waals surface area contributed by atoms with Crippen LogP contribution in [0, 0.1) is 4.77 Å². The molecule has 0 unspecified atom stereocenters. The van der Waals surface area contributed by atoms with E-state index in [1.165, 1.54) is 12.1 Å². The van der Waals surface area contributed by atoms with E-state index in [2.05, 4.69) is 9.97 Å². The van der Waals surface area contributed by atoms with Crippen LogP contribution in [0.2, 0.25) is 0 Å². The van der Waals surface area contributed by atoms with Gasteiger partial charge in [0.2, 0.25) is 0 Å². The Labute approximate surface area is 114 Å². The molecular formula is C13H14N2O3S. The fourth-order valence-electron chi connectivity index (χ4n) is 1.94. The largest absolute Gasteiger partial charge is 0.508 e. The van der Waals surface area contributed by atoms with Crippen molar-refractivity contribution in [1.29, 1.82) is 0 Å². The van der Waals surface area contributed by atoms with Crippen LogP contribution >= 0.6 is 12.2 Å². The van der Waals surface area contributed by atoms with Crippen LogP contribution < -0.4 is 5.56 Å². The molecule has 2 aromatic rings. The normalized spacial score (nSPS) is 10.6. The van der Waals surface area contributed by atoms with Gasteiger partial charge in [-0.2, -0.15) is 0 Å². The van der Waals surface area contributed by atoms with E-state index < -0.39 is 0 Å². The number of hydrogen-bond donors (Lipinski definition) is 4. The Morgan fingerprint density at radius 1 is 1.26 bits per heavy atom. The first-order valence-electron chi connectivity index (χ1n) is 5.86. The zero-order chi connectivity index (χ0) is 14.0. The molecule has 0 saturated heterocycles. The molecule has 0 fully saturated rings. The van der Waals surface area contributed by atoms with Gasteiger partial charge < -0.3 is 15.2 Å². The van der Waals surface area contributed by atoms with Crippen molar-refractivity contribution in [2.75, 3.05) is 0 Å². The lowest BCUT2D eigenvalue weighted by Gasteiger charge is -2.08. The van der Waals surface area contributed by atoms with E-state index in [1.807, 2.05) is 6.92 Å². The molecule has 0 aliphatic rings. The minimum absolute atomic E-state index is 0.0154. The summed E-state index contributed by atoms with van der Waals surface area (Å²) in [5, 5.41) is 19.0. The molecule has 1 heterocycles. The summed E-state index contributed by atoms with van der Waals surface area (Å²) in [6.07, 6.45) is 0.915. The Balaban J connectivity index is 2.49. The lowest BCUT2D eigenvalue weighted by atomic mass is 10.0. The molecule has 19 heavy (non-hydrogen) atoms. The number of benzene rings is 1. The van der Waals surface area contributed by atoms with Gasteiger partial charge in [0, 0.05) is 23.7 Å². The van der Waals surface area contributed by atoms with Gasteiger partial charge in [0.25, 0.3) is 5.56 Å². The van der Waals surface area contributed by atoms with Crippen LogP contribution in [0.25, 0.3) is 0 Å². The Bertz CT molecular complexity index is 719. The maximum Gasteiger partial charge on any atom is 0.255 e. The third kappa shape index (κ3) is 2.85. The minimum Gasteiger partial charge on any atom is -0.508 e. The second-order valence-corrected chi connectivity index (χ2v) is 4.62. The molecule has 0 bridgehead atoms. The molecule has 100 valence electrons. The third-order valence-electron chi connectivity index (χ3n) is 2.92. The lowest BCUT2D eigenvalue weighted by molar-refractivity contribution is 0.446. The van der Waals surface area contributed by atoms with Crippen LogP contribution in [0.15, 0.2) is 23.0 Å². The van der Waals surface area contributed by atoms with E-state index in [-0.39, 0.29) is 23.5 Å². The summed E-state index contributed by atoms with van der Waals surface area (Å²) in [5.41, 5.74) is 1.61. The summed E-state index contributed by atoms with van der Waals surface area (Å²) in [6.45, 7) is 1.92. The highest BCUT2D eigenvalue weighted by Gasteiger charge is 2.11. The second-order valence-electron chi connectivity index (χ2n) is 4.21. The van der Waals surface area contributed by atoms with Crippen LogP contribution in [0.5, 0.6) is 11.5 Å². The number of phenolic OH excluding ortho intramolecular Hbond substituents is 2. The van der Waals surface area contributed by atoms with Crippen molar-refractivity contribution in [1.82, 2.24) is 9.97 Å². The third-order valence-corrected chi connectivity index (χ3v) is 3.12. The van der Waals surface area contributed by atoms with Gasteiger partial charge >= 0.3 is 0 Å². The van der Waals surface area contributed by atoms with Gasteiger partial charge in [-0.15, -0.1) is 0 Å². The maximum absolute atomic E-state index is 11.9. The van der Waals surface area contributed by atoms with Crippen LogP contribution in [0.3, 0.4) is 0 Å². The van der Waals surface area contributed by atoms with Gasteiger partial charge in [0.1, 0.15) is 11.5 Å². The number of aromatic hydroxyl groups is 2. The first kappa shape index (κ1) is 13.4. The summed E-state index contributed by atoms with van der Waals surface area (Å²) in [6, 6.07) is 4.31. The van der Waals surface area contributed by atoms with Crippen molar-refractivity contribution in [3.8, 4) is 11.5 Å². The molecule has 0 spiro atoms. The number of aryl methyl sites for hydroxylation is 1. The molecule has 1 aromatic heterocycles. The van der Waals surface area contributed by atoms with Crippen LogP contribution in [-0.4, -0.2) is 20.2 Å². The highest BCUT2D eigenvalue weighted by molar-refractivity contribution is 7.71. The molecule has 0 aliphatic heterocycles. The topological polar surface area (TPSA) is 89.1 Å². The number of nitrogens with one attached hydrogen (secondary N) is 2. The average Bonchev–Trinajstić information content (AvgIpc) is 2.34. The van der Waals surface area contributed by atoms with E-state index >= 15 is 0 Å². The van der Waals surface area contributed by atoms with Crippen LogP contribution in [0.1, 0.15) is 23.7 Å². The highest BCUT2D eigenvalue weighted by atomic mass is 32.1. The van der Waals surface area contributed by atoms with Crippen molar-refractivity contribution in [2.24, 2.45) is 0 Å². The van der Waals surface area contributed by atoms with Crippen LogP contribution in [0.4, 0.5) is 0 Å². The van der Waals surface area contributed by atoms with E-state index in [4.69, 9.17) is 12.2 Å². The minimum atomic E-state index is -0.256. The summed E-state index contributed by atoms with van der Waals surface area (Å²) >= 11 is 4.93. The van der Waals surface area contributed by atoms with E-state index in [1.54, 1.807) is 6.07 Å². The van der Waals surface area contributed by atoms with Gasteiger partial charge in [-0.1, -0.05) is 13.0 Å². The molecule has 6 heteroatoms. The Hall–Kier alpha value is -2.08. The summed E-state index contributed by atoms with van der Waals surface area (Å²) in [7, 11) is 0. The fraction of sp³-hybridized carbons (Fsp3) is 0.231. The second kappa shape index (κ2) is 5.27. The Morgan fingerprint density at radius 2 is 2.00 bits per heavy atom. The molecule has 4 N–H and O–H groups in total. The average molecular weight is 278 g/mol.